The standard InChI is InChI=1S/C14H22ClNOS/c1-11(2)16-10-12-5-6-14(13(15)9-12)18-8-4-7-17-3/h5-6,9,11,16H,4,7-8,10H2,1-3H3. The van der Waals surface area contributed by atoms with E-state index in [0.717, 1.165) is 35.2 Å². The molecule has 0 fully saturated rings. The Labute approximate surface area is 119 Å². The summed E-state index contributed by atoms with van der Waals surface area (Å²) in [7, 11) is 1.73. The van der Waals surface area contributed by atoms with Crippen molar-refractivity contribution in [2.75, 3.05) is 19.5 Å². The van der Waals surface area contributed by atoms with Gasteiger partial charge in [0.15, 0.2) is 0 Å². The summed E-state index contributed by atoms with van der Waals surface area (Å²) in [5, 5.41) is 4.23. The quantitative estimate of drug-likeness (QED) is 0.577. The minimum atomic E-state index is 0.492. The zero-order valence-corrected chi connectivity index (χ0v) is 12.9. The third kappa shape index (κ3) is 6.10. The van der Waals surface area contributed by atoms with E-state index in [4.69, 9.17) is 16.3 Å². The van der Waals surface area contributed by atoms with Crippen LogP contribution >= 0.6 is 23.4 Å². The fraction of sp³-hybridized carbons (Fsp3) is 0.571. The smallest absolute Gasteiger partial charge is 0.0545 e. The van der Waals surface area contributed by atoms with Gasteiger partial charge in [0.05, 0.1) is 5.02 Å². The van der Waals surface area contributed by atoms with Gasteiger partial charge in [-0.15, -0.1) is 11.8 Å². The molecule has 4 heteroatoms. The van der Waals surface area contributed by atoms with Crippen LogP contribution in [0.3, 0.4) is 0 Å². The largest absolute Gasteiger partial charge is 0.385 e. The summed E-state index contributed by atoms with van der Waals surface area (Å²) < 4.78 is 5.03. The first-order valence-corrected chi connectivity index (χ1v) is 7.63. The molecule has 1 N–H and O–H groups in total. The Morgan fingerprint density at radius 1 is 1.39 bits per heavy atom. The molecule has 0 radical (unpaired) electrons. The lowest BCUT2D eigenvalue weighted by atomic mass is 10.2. The van der Waals surface area contributed by atoms with E-state index < -0.39 is 0 Å². The van der Waals surface area contributed by atoms with Crippen molar-refractivity contribution in [3.05, 3.63) is 28.8 Å². The first kappa shape index (κ1) is 15.8. The van der Waals surface area contributed by atoms with Crippen LogP contribution in [0.15, 0.2) is 23.1 Å². The molecule has 0 amide bonds. The summed E-state index contributed by atoms with van der Waals surface area (Å²) >= 11 is 8.07. The van der Waals surface area contributed by atoms with Crippen LogP contribution in [0.1, 0.15) is 25.8 Å². The van der Waals surface area contributed by atoms with Gasteiger partial charge in [0.1, 0.15) is 0 Å². The number of halogens is 1. The number of hydrogen-bond donors (Lipinski definition) is 1. The van der Waals surface area contributed by atoms with Crippen LogP contribution in [0.4, 0.5) is 0 Å². The first-order valence-electron chi connectivity index (χ1n) is 6.27. The van der Waals surface area contributed by atoms with E-state index in [0.29, 0.717) is 6.04 Å². The zero-order valence-electron chi connectivity index (χ0n) is 11.3. The molecule has 0 saturated carbocycles. The summed E-state index contributed by atoms with van der Waals surface area (Å²) in [5.74, 6) is 1.04. The second kappa shape index (κ2) is 8.81. The number of ether oxygens (including phenoxy) is 1. The lowest BCUT2D eigenvalue weighted by molar-refractivity contribution is 0.200. The van der Waals surface area contributed by atoms with Crippen LogP contribution in [-0.4, -0.2) is 25.5 Å². The molecule has 102 valence electrons. The number of thioether (sulfide) groups is 1. The number of benzene rings is 1. The first-order chi connectivity index (χ1) is 8.63. The average molecular weight is 288 g/mol. The van der Waals surface area contributed by atoms with Crippen LogP contribution < -0.4 is 5.32 Å². The topological polar surface area (TPSA) is 21.3 Å². The monoisotopic (exact) mass is 287 g/mol. The molecule has 0 bridgehead atoms. The number of methoxy groups -OCH3 is 1. The highest BCUT2D eigenvalue weighted by Crippen LogP contribution is 2.28. The van der Waals surface area contributed by atoms with Crippen LogP contribution in [0.5, 0.6) is 0 Å². The second-order valence-electron chi connectivity index (χ2n) is 4.50. The maximum absolute atomic E-state index is 6.28. The Balaban J connectivity index is 2.46. The number of rotatable bonds is 8. The molecule has 2 nitrogen and oxygen atoms in total. The third-order valence-corrected chi connectivity index (χ3v) is 4.05. The molecular formula is C14H22ClNOS. The van der Waals surface area contributed by atoms with Crippen molar-refractivity contribution in [3.63, 3.8) is 0 Å². The van der Waals surface area contributed by atoms with Crippen molar-refractivity contribution < 1.29 is 4.74 Å². The van der Waals surface area contributed by atoms with E-state index in [-0.39, 0.29) is 0 Å². The van der Waals surface area contributed by atoms with Crippen molar-refractivity contribution in [2.24, 2.45) is 0 Å². The van der Waals surface area contributed by atoms with E-state index in [9.17, 15) is 0 Å². The molecule has 0 saturated heterocycles. The Kier molecular flexibility index (Phi) is 7.75. The summed E-state index contributed by atoms with van der Waals surface area (Å²) in [6, 6.07) is 6.79. The van der Waals surface area contributed by atoms with E-state index in [1.165, 1.54) is 5.56 Å². The molecular weight excluding hydrogens is 266 g/mol. The Bertz CT molecular complexity index is 358. The molecule has 0 aliphatic rings. The van der Waals surface area contributed by atoms with Gasteiger partial charge < -0.3 is 10.1 Å². The molecule has 0 atom stereocenters. The van der Waals surface area contributed by atoms with Crippen molar-refractivity contribution in [3.8, 4) is 0 Å². The van der Waals surface area contributed by atoms with Gasteiger partial charge in [-0.05, 0) is 24.1 Å². The summed E-state index contributed by atoms with van der Waals surface area (Å²) in [6.45, 7) is 5.95. The average Bonchev–Trinajstić information content (AvgIpc) is 2.34. The molecule has 0 spiro atoms. The van der Waals surface area contributed by atoms with Crippen molar-refractivity contribution in [1.82, 2.24) is 5.32 Å². The fourth-order valence-corrected chi connectivity index (χ4v) is 2.69. The van der Waals surface area contributed by atoms with Gasteiger partial charge in [0.2, 0.25) is 0 Å². The molecule has 1 aromatic rings. The van der Waals surface area contributed by atoms with Crippen LogP contribution in [-0.2, 0) is 11.3 Å². The molecule has 0 unspecified atom stereocenters. The Morgan fingerprint density at radius 2 is 2.17 bits per heavy atom. The zero-order chi connectivity index (χ0) is 13.4. The van der Waals surface area contributed by atoms with E-state index in [1.54, 1.807) is 18.9 Å². The van der Waals surface area contributed by atoms with Crippen molar-refractivity contribution >= 4 is 23.4 Å². The summed E-state index contributed by atoms with van der Waals surface area (Å²) in [5.41, 5.74) is 1.23. The Morgan fingerprint density at radius 3 is 2.78 bits per heavy atom. The van der Waals surface area contributed by atoms with Crippen molar-refractivity contribution in [2.45, 2.75) is 37.8 Å². The normalized spacial score (nSPS) is 11.2. The van der Waals surface area contributed by atoms with Crippen molar-refractivity contribution in [1.29, 1.82) is 0 Å². The summed E-state index contributed by atoms with van der Waals surface area (Å²) in [6.07, 6.45) is 1.05. The molecule has 1 aromatic carbocycles. The van der Waals surface area contributed by atoms with E-state index in [1.807, 2.05) is 0 Å². The fourth-order valence-electron chi connectivity index (χ4n) is 1.48. The lowest BCUT2D eigenvalue weighted by Gasteiger charge is -2.10. The summed E-state index contributed by atoms with van der Waals surface area (Å²) in [4.78, 5) is 1.15. The van der Waals surface area contributed by atoms with Crippen LogP contribution in [0, 0.1) is 0 Å². The molecule has 0 aromatic heterocycles. The third-order valence-electron chi connectivity index (χ3n) is 2.46. The van der Waals surface area contributed by atoms with Gasteiger partial charge in [-0.2, -0.15) is 0 Å². The van der Waals surface area contributed by atoms with E-state index in [2.05, 4.69) is 37.4 Å². The van der Waals surface area contributed by atoms with Crippen LogP contribution in [0.25, 0.3) is 0 Å². The second-order valence-corrected chi connectivity index (χ2v) is 6.04. The minimum Gasteiger partial charge on any atom is -0.385 e. The van der Waals surface area contributed by atoms with Gasteiger partial charge in [-0.25, -0.2) is 0 Å². The highest BCUT2D eigenvalue weighted by molar-refractivity contribution is 7.99. The van der Waals surface area contributed by atoms with Gasteiger partial charge in [-0.1, -0.05) is 31.5 Å². The number of hydrogen-bond acceptors (Lipinski definition) is 3. The Hall–Kier alpha value is -0.220. The van der Waals surface area contributed by atoms with Gasteiger partial charge in [0.25, 0.3) is 0 Å². The van der Waals surface area contributed by atoms with E-state index >= 15 is 0 Å². The predicted molar refractivity (Wildman–Crippen MR) is 80.6 cm³/mol. The maximum Gasteiger partial charge on any atom is 0.0545 e. The van der Waals surface area contributed by atoms with Crippen LogP contribution in [0.2, 0.25) is 5.02 Å². The minimum absolute atomic E-state index is 0.492. The molecule has 18 heavy (non-hydrogen) atoms. The van der Waals surface area contributed by atoms with Gasteiger partial charge >= 0.3 is 0 Å². The highest BCUT2D eigenvalue weighted by Gasteiger charge is 2.03. The SMILES string of the molecule is COCCCSc1ccc(CNC(C)C)cc1Cl. The molecule has 0 aliphatic carbocycles. The van der Waals surface area contributed by atoms with Gasteiger partial charge in [-0.3, -0.25) is 0 Å². The molecule has 0 aliphatic heterocycles. The van der Waals surface area contributed by atoms with Gasteiger partial charge in [0, 0.05) is 37.0 Å². The molecule has 0 heterocycles. The highest BCUT2D eigenvalue weighted by atomic mass is 35.5. The lowest BCUT2D eigenvalue weighted by Crippen LogP contribution is -2.21. The number of nitrogens with one attached hydrogen (secondary N) is 1. The maximum atomic E-state index is 6.28. The predicted octanol–water partition coefficient (Wildman–Crippen LogP) is 3.97. The molecule has 1 rings (SSSR count).